The van der Waals surface area contributed by atoms with Crippen LogP contribution in [-0.4, -0.2) is 19.5 Å². The van der Waals surface area contributed by atoms with E-state index in [1.807, 2.05) is 84.1 Å². The summed E-state index contributed by atoms with van der Waals surface area (Å²) < 4.78 is 11.5. The molecule has 57 heavy (non-hydrogen) atoms. The van der Waals surface area contributed by atoms with Gasteiger partial charge in [-0.1, -0.05) is 127 Å². The Hall–Kier alpha value is -7.41. The summed E-state index contributed by atoms with van der Waals surface area (Å²) in [5.74, 6) is 1.87. The lowest BCUT2D eigenvalue weighted by Gasteiger charge is -2.09. The van der Waals surface area contributed by atoms with Crippen LogP contribution in [0.2, 0.25) is 0 Å². The van der Waals surface area contributed by atoms with Crippen LogP contribution in [-0.2, 0) is 0 Å². The predicted octanol–water partition coefficient (Wildman–Crippen LogP) is 13.9. The molecule has 0 spiro atoms. The molecule has 0 saturated carbocycles. The van der Waals surface area contributed by atoms with Gasteiger partial charge in [0.15, 0.2) is 17.5 Å². The van der Waals surface area contributed by atoms with E-state index in [9.17, 15) is 0 Å². The van der Waals surface area contributed by atoms with Crippen molar-refractivity contribution in [3.63, 3.8) is 0 Å². The fraction of sp³-hybridized carbons (Fsp3) is 0. The molecule has 8 aromatic carbocycles. The predicted molar refractivity (Wildman–Crippen MR) is 236 cm³/mol. The molecule has 5 nitrogen and oxygen atoms in total. The van der Waals surface area contributed by atoms with Crippen molar-refractivity contribution in [2.24, 2.45) is 0 Å². The van der Waals surface area contributed by atoms with E-state index < -0.39 is 0 Å². The normalized spacial score (nSPS) is 11.9. The van der Waals surface area contributed by atoms with Gasteiger partial charge in [0.25, 0.3) is 0 Å². The second-order valence-corrected chi connectivity index (χ2v) is 15.5. The lowest BCUT2D eigenvalue weighted by molar-refractivity contribution is 0.669. The van der Waals surface area contributed by atoms with Crippen molar-refractivity contribution in [3.05, 3.63) is 182 Å². The van der Waals surface area contributed by atoms with Gasteiger partial charge in [0, 0.05) is 64.1 Å². The third kappa shape index (κ3) is 5.12. The number of hydrogen-bond acceptors (Lipinski definition) is 5. The molecular formula is C51H30N4OS. The molecule has 0 radical (unpaired) electrons. The fourth-order valence-electron chi connectivity index (χ4n) is 8.41. The lowest BCUT2D eigenvalue weighted by atomic mass is 10.0. The van der Waals surface area contributed by atoms with Gasteiger partial charge in [-0.3, -0.25) is 0 Å². The Morgan fingerprint density at radius 2 is 1.00 bits per heavy atom. The number of rotatable bonds is 5. The minimum Gasteiger partial charge on any atom is -0.456 e. The number of fused-ring (bicyclic) bond motifs is 9. The molecule has 0 fully saturated rings. The summed E-state index contributed by atoms with van der Waals surface area (Å²) in [6.07, 6.45) is 0. The van der Waals surface area contributed by atoms with Crippen molar-refractivity contribution in [2.75, 3.05) is 0 Å². The molecular weight excluding hydrogens is 717 g/mol. The lowest BCUT2D eigenvalue weighted by Crippen LogP contribution is -2.00. The second-order valence-electron chi connectivity index (χ2n) is 14.4. The van der Waals surface area contributed by atoms with E-state index in [4.69, 9.17) is 19.4 Å². The average Bonchev–Trinajstić information content (AvgIpc) is 3.95. The summed E-state index contributed by atoms with van der Waals surface area (Å²) in [7, 11) is 0. The van der Waals surface area contributed by atoms with Gasteiger partial charge < -0.3 is 8.98 Å². The number of furan rings is 1. The fourth-order valence-corrected chi connectivity index (χ4v) is 9.53. The van der Waals surface area contributed by atoms with Crippen molar-refractivity contribution in [2.45, 2.75) is 0 Å². The number of benzene rings is 8. The Balaban J connectivity index is 0.955. The molecule has 0 aliphatic carbocycles. The Bertz CT molecular complexity index is 3420. The van der Waals surface area contributed by atoms with Crippen LogP contribution in [0, 0.1) is 0 Å². The molecule has 4 heterocycles. The molecule has 0 amide bonds. The first kappa shape index (κ1) is 31.9. The van der Waals surface area contributed by atoms with Gasteiger partial charge in [-0.2, -0.15) is 0 Å². The highest BCUT2D eigenvalue weighted by Crippen LogP contribution is 2.41. The van der Waals surface area contributed by atoms with Crippen LogP contribution in [0.1, 0.15) is 0 Å². The van der Waals surface area contributed by atoms with Gasteiger partial charge in [-0.05, 0) is 65.7 Å². The number of nitrogens with zero attached hydrogens (tertiary/aromatic N) is 4. The molecule has 0 saturated heterocycles. The molecule has 0 bridgehead atoms. The van der Waals surface area contributed by atoms with E-state index in [-0.39, 0.29) is 0 Å². The first-order valence-electron chi connectivity index (χ1n) is 19.0. The van der Waals surface area contributed by atoms with E-state index in [1.54, 1.807) is 0 Å². The highest BCUT2D eigenvalue weighted by atomic mass is 32.1. The van der Waals surface area contributed by atoms with Crippen LogP contribution in [0.3, 0.4) is 0 Å². The van der Waals surface area contributed by atoms with Crippen LogP contribution >= 0.6 is 11.3 Å². The smallest absolute Gasteiger partial charge is 0.164 e. The third-order valence-electron chi connectivity index (χ3n) is 11.1. The number of thiophene rings is 1. The zero-order valence-corrected chi connectivity index (χ0v) is 31.2. The molecule has 0 atom stereocenters. The molecule has 0 aliphatic rings. The maximum atomic E-state index is 6.58. The molecule has 4 aromatic heterocycles. The Morgan fingerprint density at radius 3 is 1.70 bits per heavy atom. The van der Waals surface area contributed by atoms with Crippen molar-refractivity contribution >= 4 is 75.3 Å². The van der Waals surface area contributed by atoms with Crippen molar-refractivity contribution in [1.29, 1.82) is 0 Å². The van der Waals surface area contributed by atoms with E-state index in [2.05, 4.69) is 114 Å². The van der Waals surface area contributed by atoms with E-state index in [1.165, 1.54) is 47.7 Å². The largest absolute Gasteiger partial charge is 0.456 e. The molecule has 0 unspecified atom stereocenters. The van der Waals surface area contributed by atoms with Crippen LogP contribution in [0.25, 0.3) is 115 Å². The number of hydrogen-bond donors (Lipinski definition) is 0. The van der Waals surface area contributed by atoms with E-state index >= 15 is 0 Å². The van der Waals surface area contributed by atoms with E-state index in [0.717, 1.165) is 49.8 Å². The standard InChI is InChI=1S/C51H30N4OS/c1-3-12-31(13-4-1)49-52-50(32-14-5-2-6-15-32)54-51(53-49)40-18-11-21-44-48(40)39-26-23-33(28-45(39)56-44)34-22-25-38-41-30-35(24-27-46(41)57-47(38)29-34)55-42-19-9-7-16-36(42)37-17-8-10-20-43(37)55/h1-30H. The molecule has 0 N–H and O–H groups in total. The SMILES string of the molecule is c1ccc(-c2nc(-c3ccccc3)nc(-c3cccc4oc5cc(-c6ccc7c(c6)sc6ccc(-n8c9ccccc9c9ccccc98)cc67)ccc5c34)n2)cc1. The Labute approximate surface area is 330 Å². The minimum atomic E-state index is 0.608. The summed E-state index contributed by atoms with van der Waals surface area (Å²) in [6, 6.07) is 63.8. The van der Waals surface area contributed by atoms with Gasteiger partial charge in [0.1, 0.15) is 11.2 Å². The van der Waals surface area contributed by atoms with Crippen LogP contribution in [0.5, 0.6) is 0 Å². The van der Waals surface area contributed by atoms with Crippen molar-refractivity contribution < 1.29 is 4.42 Å². The summed E-state index contributed by atoms with van der Waals surface area (Å²) in [6.45, 7) is 0. The molecule has 12 rings (SSSR count). The highest BCUT2D eigenvalue weighted by Gasteiger charge is 2.19. The Morgan fingerprint density at radius 1 is 0.386 bits per heavy atom. The second kappa shape index (κ2) is 12.6. The zero-order valence-electron chi connectivity index (χ0n) is 30.4. The van der Waals surface area contributed by atoms with Gasteiger partial charge >= 0.3 is 0 Å². The monoisotopic (exact) mass is 746 g/mol. The quantitative estimate of drug-likeness (QED) is 0.176. The zero-order chi connectivity index (χ0) is 37.5. The van der Waals surface area contributed by atoms with E-state index in [0.29, 0.717) is 17.5 Å². The van der Waals surface area contributed by atoms with Crippen molar-refractivity contribution in [1.82, 2.24) is 19.5 Å². The number of aromatic nitrogens is 4. The summed E-state index contributed by atoms with van der Waals surface area (Å²) in [5.41, 5.74) is 10.3. The summed E-state index contributed by atoms with van der Waals surface area (Å²) >= 11 is 1.84. The van der Waals surface area contributed by atoms with Gasteiger partial charge in [-0.25, -0.2) is 15.0 Å². The third-order valence-corrected chi connectivity index (χ3v) is 12.2. The summed E-state index contributed by atoms with van der Waals surface area (Å²) in [4.78, 5) is 15.0. The number of para-hydroxylation sites is 2. The van der Waals surface area contributed by atoms with Gasteiger partial charge in [0.2, 0.25) is 0 Å². The molecule has 0 aliphatic heterocycles. The van der Waals surface area contributed by atoms with Gasteiger partial charge in [0.05, 0.1) is 11.0 Å². The first-order chi connectivity index (χ1) is 28.2. The maximum Gasteiger partial charge on any atom is 0.164 e. The summed E-state index contributed by atoms with van der Waals surface area (Å²) in [5, 5.41) is 7.08. The maximum absolute atomic E-state index is 6.58. The topological polar surface area (TPSA) is 56.7 Å². The minimum absolute atomic E-state index is 0.608. The van der Waals surface area contributed by atoms with Crippen molar-refractivity contribution in [3.8, 4) is 51.0 Å². The van der Waals surface area contributed by atoms with Gasteiger partial charge in [-0.15, -0.1) is 11.3 Å². The highest BCUT2D eigenvalue weighted by molar-refractivity contribution is 7.25. The van der Waals surface area contributed by atoms with Crippen LogP contribution < -0.4 is 0 Å². The average molecular weight is 747 g/mol. The van der Waals surface area contributed by atoms with Crippen LogP contribution in [0.4, 0.5) is 0 Å². The molecule has 6 heteroatoms. The first-order valence-corrected chi connectivity index (χ1v) is 19.8. The Kier molecular flexibility index (Phi) is 7.03. The van der Waals surface area contributed by atoms with Crippen LogP contribution in [0.15, 0.2) is 186 Å². The molecule has 266 valence electrons. The molecule has 12 aromatic rings.